The van der Waals surface area contributed by atoms with Gasteiger partial charge in [0.1, 0.15) is 0 Å². The van der Waals surface area contributed by atoms with Crippen molar-refractivity contribution in [2.45, 2.75) is 31.7 Å². The average Bonchev–Trinajstić information content (AvgIpc) is 2.42. The molecular formula is C14H16BrClN2O3. The maximum absolute atomic E-state index is 11.9. The number of carboxylic acids is 1. The van der Waals surface area contributed by atoms with Crippen LogP contribution in [0.25, 0.3) is 0 Å². The van der Waals surface area contributed by atoms with Gasteiger partial charge in [0.2, 0.25) is 0 Å². The Morgan fingerprint density at radius 2 is 1.90 bits per heavy atom. The molecular weight excluding hydrogens is 360 g/mol. The second-order valence-corrected chi connectivity index (χ2v) is 6.40. The number of rotatable bonds is 3. The molecule has 0 aromatic heterocycles. The van der Waals surface area contributed by atoms with E-state index in [1.165, 1.54) is 0 Å². The van der Waals surface area contributed by atoms with Gasteiger partial charge < -0.3 is 15.7 Å². The molecule has 0 heterocycles. The minimum absolute atomic E-state index is 0.0201. The fourth-order valence-corrected chi connectivity index (χ4v) is 3.20. The zero-order valence-electron chi connectivity index (χ0n) is 11.2. The summed E-state index contributed by atoms with van der Waals surface area (Å²) in [7, 11) is 0. The van der Waals surface area contributed by atoms with Gasteiger partial charge in [-0.1, -0.05) is 11.6 Å². The van der Waals surface area contributed by atoms with Crippen LogP contribution in [0, 0.1) is 5.92 Å². The van der Waals surface area contributed by atoms with E-state index in [9.17, 15) is 9.59 Å². The van der Waals surface area contributed by atoms with Crippen LogP contribution in [0.3, 0.4) is 0 Å². The molecule has 1 aromatic carbocycles. The van der Waals surface area contributed by atoms with Crippen LogP contribution in [0.15, 0.2) is 22.7 Å². The van der Waals surface area contributed by atoms with Gasteiger partial charge in [0.15, 0.2) is 0 Å². The lowest BCUT2D eigenvalue weighted by Crippen LogP contribution is -2.41. The summed E-state index contributed by atoms with van der Waals surface area (Å²) in [5.74, 6) is -1.03. The molecule has 0 radical (unpaired) electrons. The summed E-state index contributed by atoms with van der Waals surface area (Å²) in [5, 5.41) is 15.1. The molecule has 1 aliphatic carbocycles. The van der Waals surface area contributed by atoms with Crippen molar-refractivity contribution in [2.75, 3.05) is 5.32 Å². The Labute approximate surface area is 136 Å². The molecule has 2 rings (SSSR count). The monoisotopic (exact) mass is 374 g/mol. The normalized spacial score (nSPS) is 21.6. The molecule has 0 saturated heterocycles. The first kappa shape index (κ1) is 16.1. The van der Waals surface area contributed by atoms with Gasteiger partial charge in [0.25, 0.3) is 0 Å². The van der Waals surface area contributed by atoms with E-state index in [0.29, 0.717) is 40.9 Å². The van der Waals surface area contributed by atoms with Crippen molar-refractivity contribution in [2.24, 2.45) is 5.92 Å². The molecule has 2 amide bonds. The number of carbonyl (C=O) groups excluding carboxylic acids is 1. The molecule has 1 aliphatic rings. The highest BCUT2D eigenvalue weighted by molar-refractivity contribution is 9.10. The van der Waals surface area contributed by atoms with Crippen molar-refractivity contribution in [3.05, 3.63) is 27.7 Å². The molecule has 1 fully saturated rings. The summed E-state index contributed by atoms with van der Waals surface area (Å²) in [6.45, 7) is 0. The molecule has 3 N–H and O–H groups in total. The smallest absolute Gasteiger partial charge is 0.319 e. The van der Waals surface area contributed by atoms with E-state index < -0.39 is 5.97 Å². The lowest BCUT2D eigenvalue weighted by molar-refractivity contribution is -0.142. The first-order chi connectivity index (χ1) is 9.95. The van der Waals surface area contributed by atoms with Gasteiger partial charge in [-0.3, -0.25) is 4.79 Å². The topological polar surface area (TPSA) is 78.4 Å². The number of benzene rings is 1. The fourth-order valence-electron chi connectivity index (χ4n) is 2.42. The van der Waals surface area contributed by atoms with Crippen molar-refractivity contribution in [1.82, 2.24) is 5.32 Å². The lowest BCUT2D eigenvalue weighted by Gasteiger charge is -2.26. The van der Waals surface area contributed by atoms with Gasteiger partial charge in [-0.15, -0.1) is 0 Å². The number of hydrogen-bond acceptors (Lipinski definition) is 2. The van der Waals surface area contributed by atoms with Crippen molar-refractivity contribution in [3.8, 4) is 0 Å². The van der Waals surface area contributed by atoms with Crippen molar-refractivity contribution >= 4 is 45.2 Å². The van der Waals surface area contributed by atoms with Gasteiger partial charge >= 0.3 is 12.0 Å². The minimum atomic E-state index is -0.747. The van der Waals surface area contributed by atoms with Crippen LogP contribution >= 0.6 is 27.5 Å². The van der Waals surface area contributed by atoms with Gasteiger partial charge in [-0.05, 0) is 59.8 Å². The largest absolute Gasteiger partial charge is 0.481 e. The van der Waals surface area contributed by atoms with E-state index in [2.05, 4.69) is 26.6 Å². The number of anilines is 1. The summed E-state index contributed by atoms with van der Waals surface area (Å²) in [5.41, 5.74) is 0.635. The molecule has 5 nitrogen and oxygen atoms in total. The van der Waals surface area contributed by atoms with Gasteiger partial charge in [0.05, 0.1) is 11.6 Å². The quantitative estimate of drug-likeness (QED) is 0.750. The Kier molecular flexibility index (Phi) is 5.47. The zero-order chi connectivity index (χ0) is 15.4. The summed E-state index contributed by atoms with van der Waals surface area (Å²) >= 11 is 9.17. The third-order valence-corrected chi connectivity index (χ3v) is 4.48. The van der Waals surface area contributed by atoms with Crippen LogP contribution in [0.4, 0.5) is 10.5 Å². The summed E-state index contributed by atoms with van der Waals surface area (Å²) in [6.07, 6.45) is 2.58. The molecule has 21 heavy (non-hydrogen) atoms. The number of carbonyl (C=O) groups is 2. The molecule has 0 atom stereocenters. The number of urea groups is 1. The fraction of sp³-hybridized carbons (Fsp3) is 0.429. The third kappa shape index (κ3) is 4.61. The van der Waals surface area contributed by atoms with E-state index in [4.69, 9.17) is 16.7 Å². The van der Waals surface area contributed by atoms with E-state index in [1.54, 1.807) is 18.2 Å². The number of amides is 2. The van der Waals surface area contributed by atoms with Crippen LogP contribution in [0.5, 0.6) is 0 Å². The van der Waals surface area contributed by atoms with Crippen LogP contribution in [-0.2, 0) is 4.79 Å². The van der Waals surface area contributed by atoms with E-state index >= 15 is 0 Å². The Hall–Kier alpha value is -1.27. The van der Waals surface area contributed by atoms with Gasteiger partial charge in [0, 0.05) is 15.5 Å². The van der Waals surface area contributed by atoms with E-state index in [1.807, 2.05) is 0 Å². The maximum atomic E-state index is 11.9. The van der Waals surface area contributed by atoms with Crippen molar-refractivity contribution < 1.29 is 14.7 Å². The first-order valence-electron chi connectivity index (χ1n) is 6.71. The number of aliphatic carboxylic acids is 1. The second-order valence-electron chi connectivity index (χ2n) is 5.11. The molecule has 0 unspecified atom stereocenters. The molecule has 114 valence electrons. The Bertz CT molecular complexity index is 545. The summed E-state index contributed by atoms with van der Waals surface area (Å²) < 4.78 is 0.708. The molecule has 1 aromatic rings. The van der Waals surface area contributed by atoms with Gasteiger partial charge in [-0.2, -0.15) is 0 Å². The van der Waals surface area contributed by atoms with Gasteiger partial charge in [-0.25, -0.2) is 4.79 Å². The molecule has 7 heteroatoms. The summed E-state index contributed by atoms with van der Waals surface area (Å²) in [4.78, 5) is 22.8. The predicted octanol–water partition coefficient (Wildman–Crippen LogP) is 3.87. The average molecular weight is 376 g/mol. The Balaban J connectivity index is 1.84. The number of nitrogens with one attached hydrogen (secondary N) is 2. The minimum Gasteiger partial charge on any atom is -0.481 e. The maximum Gasteiger partial charge on any atom is 0.319 e. The molecule has 1 saturated carbocycles. The van der Waals surface area contributed by atoms with Crippen molar-refractivity contribution in [3.63, 3.8) is 0 Å². The highest BCUT2D eigenvalue weighted by Gasteiger charge is 2.26. The van der Waals surface area contributed by atoms with Crippen LogP contribution in [0.1, 0.15) is 25.7 Å². The van der Waals surface area contributed by atoms with Crippen molar-refractivity contribution in [1.29, 1.82) is 0 Å². The highest BCUT2D eigenvalue weighted by atomic mass is 79.9. The predicted molar refractivity (Wildman–Crippen MR) is 84.7 cm³/mol. The zero-order valence-corrected chi connectivity index (χ0v) is 13.6. The van der Waals surface area contributed by atoms with E-state index in [0.717, 1.165) is 0 Å². The number of hydrogen-bond donors (Lipinski definition) is 3. The van der Waals surface area contributed by atoms with E-state index in [-0.39, 0.29) is 18.0 Å². The van der Waals surface area contributed by atoms with Crippen LogP contribution in [0.2, 0.25) is 5.02 Å². The third-order valence-electron chi connectivity index (χ3n) is 3.59. The highest BCUT2D eigenvalue weighted by Crippen LogP contribution is 2.27. The first-order valence-corrected chi connectivity index (χ1v) is 7.88. The standard InChI is InChI=1S/C14H16BrClN2O3/c15-11-7-9(16)3-6-12(11)18-14(21)17-10-4-1-8(2-5-10)13(19)20/h3,6-8,10H,1-2,4-5H2,(H,19,20)(H2,17,18,21). The summed E-state index contributed by atoms with van der Waals surface area (Å²) in [6, 6.07) is 4.84. The lowest BCUT2D eigenvalue weighted by atomic mass is 9.86. The van der Waals surface area contributed by atoms with Crippen LogP contribution < -0.4 is 10.6 Å². The second kappa shape index (κ2) is 7.13. The molecule has 0 bridgehead atoms. The number of halogens is 2. The SMILES string of the molecule is O=C(Nc1ccc(Cl)cc1Br)NC1CCC(C(=O)O)CC1. The molecule has 0 spiro atoms. The molecule has 0 aliphatic heterocycles. The Morgan fingerprint density at radius 3 is 2.48 bits per heavy atom. The van der Waals surface area contributed by atoms with Crippen LogP contribution in [-0.4, -0.2) is 23.1 Å². The Morgan fingerprint density at radius 1 is 1.24 bits per heavy atom. The number of carboxylic acid groups (broad SMARTS) is 1.